The van der Waals surface area contributed by atoms with Crippen molar-refractivity contribution in [2.24, 2.45) is 5.92 Å². The Kier molecular flexibility index (Phi) is 4.14. The van der Waals surface area contributed by atoms with Gasteiger partial charge in [-0.3, -0.25) is 9.59 Å². The van der Waals surface area contributed by atoms with Crippen LogP contribution in [0.1, 0.15) is 33.4 Å². The van der Waals surface area contributed by atoms with Gasteiger partial charge in [-0.05, 0) is 25.5 Å². The molecule has 1 N–H and O–H groups in total. The van der Waals surface area contributed by atoms with E-state index in [2.05, 4.69) is 10.1 Å². The van der Waals surface area contributed by atoms with Gasteiger partial charge < -0.3 is 10.0 Å². The van der Waals surface area contributed by atoms with Gasteiger partial charge in [0.05, 0.1) is 5.92 Å². The van der Waals surface area contributed by atoms with Gasteiger partial charge in [0.25, 0.3) is 5.91 Å². The number of benzene rings is 1. The Morgan fingerprint density at radius 3 is 2.56 bits per heavy atom. The molecule has 3 heterocycles. The molecule has 1 aromatic carbocycles. The van der Waals surface area contributed by atoms with Crippen LogP contribution in [0.2, 0.25) is 0 Å². The topological polar surface area (TPSA) is 87.8 Å². The zero-order valence-corrected chi connectivity index (χ0v) is 15.2. The minimum atomic E-state index is -0.887. The molecule has 0 spiro atoms. The molecule has 3 aromatic rings. The Morgan fingerprint density at radius 1 is 1.11 bits per heavy atom. The first-order valence-electron chi connectivity index (χ1n) is 8.85. The molecule has 4 rings (SSSR count). The molecule has 0 radical (unpaired) electrons. The van der Waals surface area contributed by atoms with Crippen LogP contribution in [0, 0.1) is 19.8 Å². The number of aromatic nitrogens is 3. The molecule has 7 heteroatoms. The van der Waals surface area contributed by atoms with Crippen molar-refractivity contribution in [1.82, 2.24) is 19.5 Å². The second-order valence-corrected chi connectivity index (χ2v) is 7.01. The summed E-state index contributed by atoms with van der Waals surface area (Å²) in [6.07, 6.45) is 0. The molecule has 0 aliphatic carbocycles. The highest BCUT2D eigenvalue weighted by molar-refractivity contribution is 5.94. The molecular formula is C20H20N4O3. The Balaban J connectivity index is 1.64. The number of rotatable bonds is 3. The van der Waals surface area contributed by atoms with Crippen LogP contribution >= 0.6 is 0 Å². The number of aryl methyl sites for hydroxylation is 2. The van der Waals surface area contributed by atoms with E-state index in [4.69, 9.17) is 0 Å². The van der Waals surface area contributed by atoms with Crippen LogP contribution in [0.4, 0.5) is 0 Å². The van der Waals surface area contributed by atoms with Gasteiger partial charge >= 0.3 is 5.97 Å². The Bertz CT molecular complexity index is 1030. The van der Waals surface area contributed by atoms with Crippen LogP contribution in [0.25, 0.3) is 5.65 Å². The van der Waals surface area contributed by atoms with Crippen molar-refractivity contribution in [1.29, 1.82) is 0 Å². The number of carbonyl (C=O) groups is 2. The van der Waals surface area contributed by atoms with Gasteiger partial charge in [-0.15, -0.1) is 0 Å². The van der Waals surface area contributed by atoms with Crippen molar-refractivity contribution in [2.45, 2.75) is 19.8 Å². The van der Waals surface area contributed by atoms with Gasteiger partial charge in [0, 0.05) is 36.5 Å². The van der Waals surface area contributed by atoms with Crippen LogP contribution in [0.5, 0.6) is 0 Å². The average Bonchev–Trinajstić information content (AvgIpc) is 3.26. The van der Waals surface area contributed by atoms with Gasteiger partial charge in [0.2, 0.25) is 0 Å². The molecule has 7 nitrogen and oxygen atoms in total. The molecule has 1 amide bonds. The number of fused-ring (bicyclic) bond motifs is 1. The molecule has 1 saturated heterocycles. The summed E-state index contributed by atoms with van der Waals surface area (Å²) < 4.78 is 1.64. The van der Waals surface area contributed by atoms with E-state index >= 15 is 0 Å². The predicted molar refractivity (Wildman–Crippen MR) is 98.7 cm³/mol. The van der Waals surface area contributed by atoms with Crippen molar-refractivity contribution < 1.29 is 14.7 Å². The van der Waals surface area contributed by atoms with Crippen molar-refractivity contribution in [3.05, 3.63) is 65.1 Å². The van der Waals surface area contributed by atoms with Crippen molar-refractivity contribution in [3.8, 4) is 0 Å². The van der Waals surface area contributed by atoms with Gasteiger partial charge in [-0.1, -0.05) is 30.3 Å². The molecule has 1 fully saturated rings. The maximum Gasteiger partial charge on any atom is 0.308 e. The highest BCUT2D eigenvalue weighted by Crippen LogP contribution is 2.33. The first-order chi connectivity index (χ1) is 12.9. The number of aliphatic carboxylic acids is 1. The summed E-state index contributed by atoms with van der Waals surface area (Å²) in [5.41, 5.74) is 3.58. The normalized spacial score (nSPS) is 19.6. The summed E-state index contributed by atoms with van der Waals surface area (Å²) in [4.78, 5) is 30.7. The Morgan fingerprint density at radius 2 is 1.85 bits per heavy atom. The van der Waals surface area contributed by atoms with Crippen LogP contribution in [0.15, 0.2) is 42.5 Å². The van der Waals surface area contributed by atoms with Crippen LogP contribution in [-0.2, 0) is 4.79 Å². The van der Waals surface area contributed by atoms with E-state index in [0.717, 1.165) is 17.0 Å². The lowest BCUT2D eigenvalue weighted by atomic mass is 9.89. The zero-order chi connectivity index (χ0) is 19.1. The second kappa shape index (κ2) is 6.50. The molecule has 0 bridgehead atoms. The van der Waals surface area contributed by atoms with Crippen LogP contribution in [0.3, 0.4) is 0 Å². The minimum Gasteiger partial charge on any atom is -0.481 e. The Labute approximate surface area is 156 Å². The zero-order valence-electron chi connectivity index (χ0n) is 15.2. The van der Waals surface area contributed by atoms with Gasteiger partial charge in [0.1, 0.15) is 0 Å². The van der Waals surface area contributed by atoms with E-state index in [-0.39, 0.29) is 24.1 Å². The van der Waals surface area contributed by atoms with E-state index in [1.54, 1.807) is 15.5 Å². The summed E-state index contributed by atoms with van der Waals surface area (Å²) in [7, 11) is 0. The molecular weight excluding hydrogens is 344 g/mol. The molecule has 2 aromatic heterocycles. The number of amides is 1. The van der Waals surface area contributed by atoms with Crippen molar-refractivity contribution >= 4 is 17.5 Å². The largest absolute Gasteiger partial charge is 0.481 e. The van der Waals surface area contributed by atoms with E-state index in [1.165, 1.54) is 0 Å². The van der Waals surface area contributed by atoms with Gasteiger partial charge in [-0.25, -0.2) is 9.50 Å². The predicted octanol–water partition coefficient (Wildman–Crippen LogP) is 2.29. The molecule has 0 saturated carbocycles. The number of carbonyl (C=O) groups excluding carboxylic acids is 1. The SMILES string of the molecule is Cc1cc(C)n2nc(C(=O)N3C[C@@H](C(=O)O)[C@H](c4ccccc4)C3)cc2n1. The highest BCUT2D eigenvalue weighted by atomic mass is 16.4. The van der Waals surface area contributed by atoms with Crippen LogP contribution < -0.4 is 0 Å². The van der Waals surface area contributed by atoms with Crippen LogP contribution in [-0.4, -0.2) is 49.6 Å². The van der Waals surface area contributed by atoms with Gasteiger partial charge in [0.15, 0.2) is 11.3 Å². The average molecular weight is 364 g/mol. The number of nitrogens with zero attached hydrogens (tertiary/aromatic N) is 4. The first-order valence-corrected chi connectivity index (χ1v) is 8.85. The number of likely N-dealkylation sites (tertiary alicyclic amines) is 1. The molecule has 2 atom stereocenters. The van der Waals surface area contributed by atoms with E-state index in [9.17, 15) is 14.7 Å². The molecule has 0 unspecified atom stereocenters. The number of carboxylic acids is 1. The maximum atomic E-state index is 13.0. The molecule has 138 valence electrons. The summed E-state index contributed by atoms with van der Waals surface area (Å²) in [6, 6.07) is 13.1. The third-order valence-electron chi connectivity index (χ3n) is 5.10. The summed E-state index contributed by atoms with van der Waals surface area (Å²) in [5, 5.41) is 14.0. The monoisotopic (exact) mass is 364 g/mol. The third-order valence-corrected chi connectivity index (χ3v) is 5.10. The Hall–Kier alpha value is -3.22. The number of hydrogen-bond acceptors (Lipinski definition) is 4. The van der Waals surface area contributed by atoms with Crippen molar-refractivity contribution in [3.63, 3.8) is 0 Å². The molecule has 1 aliphatic rings. The number of hydrogen-bond donors (Lipinski definition) is 1. The van der Waals surface area contributed by atoms with E-state index < -0.39 is 11.9 Å². The first kappa shape index (κ1) is 17.2. The fraction of sp³-hybridized carbons (Fsp3) is 0.300. The molecule has 27 heavy (non-hydrogen) atoms. The quantitative estimate of drug-likeness (QED) is 0.770. The maximum absolute atomic E-state index is 13.0. The third kappa shape index (κ3) is 3.05. The lowest BCUT2D eigenvalue weighted by Crippen LogP contribution is -2.30. The fourth-order valence-electron chi connectivity index (χ4n) is 3.81. The standard InChI is InChI=1S/C20H20N4O3/c1-12-8-13(2)24-18(21-12)9-17(22-24)19(25)23-10-15(16(11-23)20(26)27)14-6-4-3-5-7-14/h3-9,15-16H,10-11H2,1-2H3,(H,26,27)/t15-,16+/m0/s1. The van der Waals surface area contributed by atoms with Crippen molar-refractivity contribution in [2.75, 3.05) is 13.1 Å². The molecule has 1 aliphatic heterocycles. The highest BCUT2D eigenvalue weighted by Gasteiger charge is 2.41. The lowest BCUT2D eigenvalue weighted by molar-refractivity contribution is -0.141. The summed E-state index contributed by atoms with van der Waals surface area (Å²) in [6.45, 7) is 4.33. The summed E-state index contributed by atoms with van der Waals surface area (Å²) in [5.74, 6) is -2.01. The van der Waals surface area contributed by atoms with Gasteiger partial charge in [-0.2, -0.15) is 5.10 Å². The van der Waals surface area contributed by atoms with E-state index in [0.29, 0.717) is 12.2 Å². The smallest absolute Gasteiger partial charge is 0.308 e. The fourth-order valence-corrected chi connectivity index (χ4v) is 3.81. The second-order valence-electron chi connectivity index (χ2n) is 7.01. The lowest BCUT2D eigenvalue weighted by Gasteiger charge is -2.15. The minimum absolute atomic E-state index is 0.174. The number of carboxylic acid groups (broad SMARTS) is 1. The summed E-state index contributed by atoms with van der Waals surface area (Å²) >= 11 is 0. The van der Waals surface area contributed by atoms with E-state index in [1.807, 2.05) is 50.2 Å².